The highest BCUT2D eigenvalue weighted by Gasteiger charge is 2.29. The molecule has 0 radical (unpaired) electrons. The van der Waals surface area contributed by atoms with Gasteiger partial charge in [0.25, 0.3) is 0 Å². The molecule has 0 fully saturated rings. The van der Waals surface area contributed by atoms with E-state index in [9.17, 15) is 23.4 Å². The van der Waals surface area contributed by atoms with Gasteiger partial charge in [-0.2, -0.15) is 4.31 Å². The second-order valence-corrected chi connectivity index (χ2v) is 13.3. The van der Waals surface area contributed by atoms with Gasteiger partial charge in [0.1, 0.15) is 0 Å². The van der Waals surface area contributed by atoms with Gasteiger partial charge in [-0.1, -0.05) is 41.9 Å². The third-order valence-electron chi connectivity index (χ3n) is 7.16. The number of benzene rings is 2. The number of aromatic nitrogens is 1. The van der Waals surface area contributed by atoms with Gasteiger partial charge >= 0.3 is 5.97 Å². The van der Waals surface area contributed by atoms with Gasteiger partial charge in [0.15, 0.2) is 0 Å². The fourth-order valence-corrected chi connectivity index (χ4v) is 6.81. The molecule has 0 amide bonds. The van der Waals surface area contributed by atoms with Crippen LogP contribution in [0.25, 0.3) is 11.1 Å². The predicted octanol–water partition coefficient (Wildman–Crippen LogP) is 4.25. The van der Waals surface area contributed by atoms with Crippen molar-refractivity contribution in [2.24, 2.45) is 5.92 Å². The van der Waals surface area contributed by atoms with Gasteiger partial charge in [-0.05, 0) is 68.4 Å². The van der Waals surface area contributed by atoms with Crippen molar-refractivity contribution in [3.63, 3.8) is 0 Å². The summed E-state index contributed by atoms with van der Waals surface area (Å²) >= 11 is 6.39. The maximum atomic E-state index is 13.2. The summed E-state index contributed by atoms with van der Waals surface area (Å²) in [4.78, 5) is 15.2. The molecular formula is C29H34ClN3O5S. The van der Waals surface area contributed by atoms with Crippen molar-refractivity contribution in [2.45, 2.75) is 49.6 Å². The monoisotopic (exact) mass is 571 g/mol. The molecule has 1 aliphatic carbocycles. The normalized spacial score (nSPS) is 14.9. The lowest BCUT2D eigenvalue weighted by atomic mass is 9.88. The molecule has 4 rings (SSSR count). The van der Waals surface area contributed by atoms with E-state index in [1.54, 1.807) is 0 Å². The molecule has 0 aliphatic heterocycles. The van der Waals surface area contributed by atoms with Gasteiger partial charge in [-0.25, -0.2) is 13.2 Å². The number of β-amino-alcohol motifs (C(OH)–C–C–N with tert-alkyl or cyclic N) is 1. The Balaban J connectivity index is 1.35. The minimum absolute atomic E-state index is 0.000825. The molecule has 1 aromatic heterocycles. The fraction of sp³-hybridized carbons (Fsp3) is 0.379. The number of hydrogen-bond acceptors (Lipinski definition) is 6. The van der Waals surface area contributed by atoms with Gasteiger partial charge in [-0.3, -0.25) is 4.98 Å². The smallest absolute Gasteiger partial charge is 0.337 e. The third-order valence-corrected chi connectivity index (χ3v) is 9.30. The van der Waals surface area contributed by atoms with Crippen molar-refractivity contribution >= 4 is 27.6 Å². The van der Waals surface area contributed by atoms with Crippen molar-refractivity contribution < 1.29 is 23.4 Å². The van der Waals surface area contributed by atoms with Crippen LogP contribution in [0.4, 0.5) is 0 Å². The number of aromatic carboxylic acids is 1. The summed E-state index contributed by atoms with van der Waals surface area (Å²) in [7, 11) is -2.51. The fourth-order valence-electron chi connectivity index (χ4n) is 5.22. The van der Waals surface area contributed by atoms with Crippen LogP contribution in [-0.2, 0) is 22.9 Å². The van der Waals surface area contributed by atoms with Crippen LogP contribution in [0.15, 0.2) is 65.8 Å². The van der Waals surface area contributed by atoms with Crippen molar-refractivity contribution in [3.8, 4) is 11.1 Å². The molecular weight excluding hydrogens is 538 g/mol. The average Bonchev–Trinajstić information content (AvgIpc) is 3.29. The van der Waals surface area contributed by atoms with E-state index >= 15 is 0 Å². The van der Waals surface area contributed by atoms with Crippen LogP contribution in [-0.4, -0.2) is 65.7 Å². The number of aliphatic hydroxyl groups excluding tert-OH is 1. The number of carboxylic acids is 1. The van der Waals surface area contributed by atoms with Crippen molar-refractivity contribution in [3.05, 3.63) is 82.6 Å². The maximum absolute atomic E-state index is 13.2. The lowest BCUT2D eigenvalue weighted by Crippen LogP contribution is -2.47. The molecule has 0 saturated carbocycles. The first-order valence-electron chi connectivity index (χ1n) is 12.8. The van der Waals surface area contributed by atoms with Crippen LogP contribution < -0.4 is 5.32 Å². The SMILES string of the molecule is CN(CC(O)CNC(C)(C)CC1Cc2ccccc2C1)S(=O)(=O)c1ccc(-c2cncc(C(=O)O)c2)c(Cl)c1. The summed E-state index contributed by atoms with van der Waals surface area (Å²) in [6, 6.07) is 14.2. The largest absolute Gasteiger partial charge is 0.478 e. The molecule has 8 nitrogen and oxygen atoms in total. The first-order valence-corrected chi connectivity index (χ1v) is 14.6. The molecule has 3 N–H and O–H groups in total. The molecule has 208 valence electrons. The maximum Gasteiger partial charge on any atom is 0.337 e. The van der Waals surface area contributed by atoms with E-state index in [0.717, 1.165) is 23.6 Å². The quantitative estimate of drug-likeness (QED) is 0.314. The number of fused-ring (bicyclic) bond motifs is 1. The summed E-state index contributed by atoms with van der Waals surface area (Å²) < 4.78 is 27.5. The molecule has 1 atom stereocenters. The highest BCUT2D eigenvalue weighted by atomic mass is 35.5. The van der Waals surface area contributed by atoms with Crippen LogP contribution in [0.3, 0.4) is 0 Å². The van der Waals surface area contributed by atoms with E-state index < -0.39 is 22.1 Å². The summed E-state index contributed by atoms with van der Waals surface area (Å²) in [6.07, 6.45) is 4.82. The molecule has 1 aliphatic rings. The van der Waals surface area contributed by atoms with E-state index in [-0.39, 0.29) is 34.1 Å². The Labute approximate surface area is 234 Å². The van der Waals surface area contributed by atoms with E-state index in [1.165, 1.54) is 54.8 Å². The van der Waals surface area contributed by atoms with Gasteiger partial charge in [0.2, 0.25) is 10.0 Å². The van der Waals surface area contributed by atoms with Crippen LogP contribution in [0.5, 0.6) is 0 Å². The molecule has 39 heavy (non-hydrogen) atoms. The molecule has 10 heteroatoms. The van der Waals surface area contributed by atoms with Crippen LogP contribution in [0.1, 0.15) is 41.8 Å². The Morgan fingerprint density at radius 3 is 2.44 bits per heavy atom. The van der Waals surface area contributed by atoms with Crippen LogP contribution in [0, 0.1) is 5.92 Å². The van der Waals surface area contributed by atoms with Crippen LogP contribution in [0.2, 0.25) is 5.02 Å². The molecule has 1 heterocycles. The Morgan fingerprint density at radius 2 is 1.82 bits per heavy atom. The highest BCUT2D eigenvalue weighted by Crippen LogP contribution is 2.33. The number of hydrogen-bond donors (Lipinski definition) is 3. The first-order chi connectivity index (χ1) is 18.4. The zero-order chi connectivity index (χ0) is 28.4. The Bertz CT molecular complexity index is 1440. The van der Waals surface area contributed by atoms with E-state index in [4.69, 9.17) is 11.6 Å². The number of pyridine rings is 1. The summed E-state index contributed by atoms with van der Waals surface area (Å²) in [5.41, 5.74) is 3.52. The Hall–Kier alpha value is -2.82. The lowest BCUT2D eigenvalue weighted by Gasteiger charge is -2.31. The highest BCUT2D eigenvalue weighted by molar-refractivity contribution is 7.89. The zero-order valence-electron chi connectivity index (χ0n) is 22.3. The van der Waals surface area contributed by atoms with E-state index in [1.807, 2.05) is 0 Å². The molecule has 0 spiro atoms. The molecule has 2 aromatic carbocycles. The number of nitrogens with one attached hydrogen (secondary N) is 1. The minimum atomic E-state index is -3.93. The second-order valence-electron chi connectivity index (χ2n) is 10.9. The molecule has 0 saturated heterocycles. The predicted molar refractivity (Wildman–Crippen MR) is 152 cm³/mol. The summed E-state index contributed by atoms with van der Waals surface area (Å²) in [5.74, 6) is -0.595. The number of carbonyl (C=O) groups is 1. The summed E-state index contributed by atoms with van der Waals surface area (Å²) in [6.45, 7) is 4.37. The topological polar surface area (TPSA) is 120 Å². The van der Waals surface area contributed by atoms with Crippen molar-refractivity contribution in [1.29, 1.82) is 0 Å². The van der Waals surface area contributed by atoms with Gasteiger partial charge in [0.05, 0.1) is 16.6 Å². The van der Waals surface area contributed by atoms with Gasteiger partial charge < -0.3 is 15.5 Å². The first kappa shape index (κ1) is 29.2. The van der Waals surface area contributed by atoms with Gasteiger partial charge in [-0.15, -0.1) is 0 Å². The number of carboxylic acid groups (broad SMARTS) is 1. The van der Waals surface area contributed by atoms with E-state index in [2.05, 4.69) is 48.4 Å². The number of likely N-dealkylation sites (N-methyl/N-ethyl adjacent to an activating group) is 1. The summed E-state index contributed by atoms with van der Waals surface area (Å²) in [5, 5.41) is 23.4. The average molecular weight is 572 g/mol. The second kappa shape index (κ2) is 11.7. The van der Waals surface area contributed by atoms with Crippen molar-refractivity contribution in [1.82, 2.24) is 14.6 Å². The minimum Gasteiger partial charge on any atom is -0.478 e. The zero-order valence-corrected chi connectivity index (χ0v) is 23.8. The Morgan fingerprint density at radius 1 is 1.15 bits per heavy atom. The number of aliphatic hydroxyl groups is 1. The van der Waals surface area contributed by atoms with Gasteiger partial charge in [0, 0.05) is 54.2 Å². The van der Waals surface area contributed by atoms with Crippen LogP contribution >= 0.6 is 11.6 Å². The molecule has 3 aromatic rings. The third kappa shape index (κ3) is 7.04. The van der Waals surface area contributed by atoms with Crippen molar-refractivity contribution in [2.75, 3.05) is 20.1 Å². The molecule has 0 bridgehead atoms. The number of rotatable bonds is 11. The standard InChI is InChI=1S/C29H34ClN3O5S/c1-29(2,14-19-10-20-6-4-5-7-21(20)11-19)32-17-24(34)18-33(3)39(37,38)25-8-9-26(27(30)13-25)22-12-23(28(35)36)16-31-15-22/h4-9,12-13,15-16,19,24,32,34H,10-11,14,17-18H2,1-3H3,(H,35,36). The Kier molecular flexibility index (Phi) is 8.78. The van der Waals surface area contributed by atoms with E-state index in [0.29, 0.717) is 17.0 Å². The number of halogens is 1. The molecule has 1 unspecified atom stereocenters. The lowest BCUT2D eigenvalue weighted by molar-refractivity contribution is 0.0696. The number of sulfonamides is 1. The number of nitrogens with zero attached hydrogens (tertiary/aromatic N) is 2.